The summed E-state index contributed by atoms with van der Waals surface area (Å²) in [7, 11) is 0. The highest BCUT2D eigenvalue weighted by molar-refractivity contribution is 5.35. The minimum atomic E-state index is 0.483. The van der Waals surface area contributed by atoms with Crippen molar-refractivity contribution in [2.24, 2.45) is 0 Å². The lowest BCUT2D eigenvalue weighted by Crippen LogP contribution is -2.19. The number of nitrogens with two attached hydrogens (primary N) is 1. The Morgan fingerprint density at radius 1 is 1.14 bits per heavy atom. The number of nitrogens with zero attached hydrogens (tertiary/aromatic N) is 4. The lowest BCUT2D eigenvalue weighted by atomic mass is 10.3. The molecular formula is C15H21N5O. The van der Waals surface area contributed by atoms with E-state index in [4.69, 9.17) is 10.5 Å². The van der Waals surface area contributed by atoms with Gasteiger partial charge in [0.05, 0.1) is 6.61 Å². The summed E-state index contributed by atoms with van der Waals surface area (Å²) in [6.45, 7) is 3.42. The molecule has 6 nitrogen and oxygen atoms in total. The Balaban J connectivity index is 1.49. The molecule has 3 rings (SSSR count). The fourth-order valence-corrected chi connectivity index (χ4v) is 2.48. The largest absolute Gasteiger partial charge is 0.494 e. The van der Waals surface area contributed by atoms with Crippen LogP contribution in [0.25, 0.3) is 0 Å². The van der Waals surface area contributed by atoms with E-state index in [-0.39, 0.29) is 0 Å². The van der Waals surface area contributed by atoms with Gasteiger partial charge < -0.3 is 15.4 Å². The second-order valence-corrected chi connectivity index (χ2v) is 5.20. The van der Waals surface area contributed by atoms with Crippen LogP contribution in [0.2, 0.25) is 0 Å². The predicted molar refractivity (Wildman–Crippen MR) is 82.4 cm³/mol. The minimum Gasteiger partial charge on any atom is -0.494 e. The monoisotopic (exact) mass is 287 g/mol. The van der Waals surface area contributed by atoms with Gasteiger partial charge in [-0.3, -0.25) is 0 Å². The summed E-state index contributed by atoms with van der Waals surface area (Å²) in [6, 6.07) is 9.81. The lowest BCUT2D eigenvalue weighted by Gasteiger charge is -2.11. The third kappa shape index (κ3) is 3.45. The molecule has 0 amide bonds. The van der Waals surface area contributed by atoms with Gasteiger partial charge in [-0.25, -0.2) is 4.68 Å². The number of benzene rings is 1. The maximum atomic E-state index is 5.92. The van der Waals surface area contributed by atoms with Gasteiger partial charge in [-0.05, 0) is 25.0 Å². The van der Waals surface area contributed by atoms with E-state index in [1.54, 1.807) is 4.68 Å². The highest BCUT2D eigenvalue weighted by Gasteiger charge is 2.17. The van der Waals surface area contributed by atoms with E-state index in [1.165, 1.54) is 12.8 Å². The Labute approximate surface area is 124 Å². The van der Waals surface area contributed by atoms with Gasteiger partial charge in [-0.2, -0.15) is 4.98 Å². The van der Waals surface area contributed by atoms with Gasteiger partial charge >= 0.3 is 0 Å². The molecule has 0 saturated carbocycles. The van der Waals surface area contributed by atoms with Crippen molar-refractivity contribution in [2.75, 3.05) is 30.3 Å². The Kier molecular flexibility index (Phi) is 4.23. The Morgan fingerprint density at radius 3 is 2.67 bits per heavy atom. The third-order valence-electron chi connectivity index (χ3n) is 3.60. The van der Waals surface area contributed by atoms with Crippen molar-refractivity contribution in [3.05, 3.63) is 30.3 Å². The van der Waals surface area contributed by atoms with Crippen molar-refractivity contribution in [1.29, 1.82) is 0 Å². The molecule has 2 aromatic rings. The van der Waals surface area contributed by atoms with Crippen LogP contribution in [0.1, 0.15) is 19.3 Å². The number of rotatable bonds is 6. The van der Waals surface area contributed by atoms with E-state index in [2.05, 4.69) is 15.0 Å². The molecule has 112 valence electrons. The van der Waals surface area contributed by atoms with E-state index < -0.39 is 0 Å². The van der Waals surface area contributed by atoms with Gasteiger partial charge in [0.1, 0.15) is 5.75 Å². The molecule has 1 fully saturated rings. The van der Waals surface area contributed by atoms with E-state index in [0.717, 1.165) is 37.8 Å². The average Bonchev–Trinajstić information content (AvgIpc) is 3.15. The number of aryl methyl sites for hydroxylation is 1. The summed E-state index contributed by atoms with van der Waals surface area (Å²) < 4.78 is 7.43. The number of hydrogen-bond donors (Lipinski definition) is 1. The molecule has 0 aliphatic carbocycles. The summed E-state index contributed by atoms with van der Waals surface area (Å²) in [5, 5.41) is 4.49. The quantitative estimate of drug-likeness (QED) is 0.822. The van der Waals surface area contributed by atoms with E-state index in [9.17, 15) is 0 Å². The van der Waals surface area contributed by atoms with Gasteiger partial charge in [-0.15, -0.1) is 5.10 Å². The average molecular weight is 287 g/mol. The summed E-state index contributed by atoms with van der Waals surface area (Å²) in [4.78, 5) is 6.53. The van der Waals surface area contributed by atoms with Crippen LogP contribution in [0.5, 0.6) is 5.75 Å². The Bertz CT molecular complexity index is 563. The van der Waals surface area contributed by atoms with Crippen molar-refractivity contribution in [2.45, 2.75) is 25.8 Å². The second kappa shape index (κ2) is 6.47. The molecule has 0 radical (unpaired) electrons. The first kappa shape index (κ1) is 13.7. The van der Waals surface area contributed by atoms with Gasteiger partial charge in [0, 0.05) is 26.1 Å². The maximum Gasteiger partial charge on any atom is 0.246 e. The summed E-state index contributed by atoms with van der Waals surface area (Å²) in [5.74, 6) is 2.13. The second-order valence-electron chi connectivity index (χ2n) is 5.20. The number of nitrogen functional groups attached to an aromatic ring is 1. The third-order valence-corrected chi connectivity index (χ3v) is 3.60. The van der Waals surface area contributed by atoms with Gasteiger partial charge in [0.15, 0.2) is 0 Å². The smallest absolute Gasteiger partial charge is 0.246 e. The van der Waals surface area contributed by atoms with Crippen LogP contribution in [-0.4, -0.2) is 34.5 Å². The van der Waals surface area contributed by atoms with Gasteiger partial charge in [0.25, 0.3) is 0 Å². The SMILES string of the molecule is Nc1nc(N2CCCC2)nn1CCCOc1ccccc1. The van der Waals surface area contributed by atoms with Gasteiger partial charge in [-0.1, -0.05) is 18.2 Å². The zero-order valence-corrected chi connectivity index (χ0v) is 12.1. The van der Waals surface area contributed by atoms with Crippen LogP contribution < -0.4 is 15.4 Å². The first-order valence-electron chi connectivity index (χ1n) is 7.46. The molecule has 1 aromatic carbocycles. The van der Waals surface area contributed by atoms with E-state index in [0.29, 0.717) is 12.6 Å². The number of anilines is 2. The van der Waals surface area contributed by atoms with Crippen molar-refractivity contribution in [1.82, 2.24) is 14.8 Å². The lowest BCUT2D eigenvalue weighted by molar-refractivity contribution is 0.299. The Hall–Kier alpha value is -2.24. The van der Waals surface area contributed by atoms with Crippen molar-refractivity contribution < 1.29 is 4.74 Å². The molecule has 0 bridgehead atoms. The number of para-hydroxylation sites is 1. The van der Waals surface area contributed by atoms with Gasteiger partial charge in [0.2, 0.25) is 11.9 Å². The predicted octanol–water partition coefficient (Wildman–Crippen LogP) is 1.93. The van der Waals surface area contributed by atoms with Crippen molar-refractivity contribution in [3.63, 3.8) is 0 Å². The van der Waals surface area contributed by atoms with Crippen LogP contribution in [0.4, 0.5) is 11.9 Å². The topological polar surface area (TPSA) is 69.2 Å². The molecule has 2 N–H and O–H groups in total. The number of hydrogen-bond acceptors (Lipinski definition) is 5. The Morgan fingerprint density at radius 2 is 1.90 bits per heavy atom. The molecule has 1 aliphatic heterocycles. The summed E-state index contributed by atoms with van der Waals surface area (Å²) >= 11 is 0. The summed E-state index contributed by atoms with van der Waals surface area (Å²) in [6.07, 6.45) is 3.26. The van der Waals surface area contributed by atoms with Crippen LogP contribution in [0, 0.1) is 0 Å². The first-order valence-corrected chi connectivity index (χ1v) is 7.46. The van der Waals surface area contributed by atoms with E-state index >= 15 is 0 Å². The number of aromatic nitrogens is 3. The molecule has 0 spiro atoms. The molecule has 1 aromatic heterocycles. The van der Waals surface area contributed by atoms with E-state index in [1.807, 2.05) is 30.3 Å². The fraction of sp³-hybridized carbons (Fsp3) is 0.467. The molecule has 21 heavy (non-hydrogen) atoms. The molecule has 0 atom stereocenters. The maximum absolute atomic E-state index is 5.92. The first-order chi connectivity index (χ1) is 10.3. The normalized spacial score (nSPS) is 14.6. The standard InChI is InChI=1S/C15H21N5O/c16-14-17-15(19-9-4-5-10-19)18-20(14)11-6-12-21-13-7-2-1-3-8-13/h1-3,7-8H,4-6,9-12H2,(H2,16,17,18). The molecule has 6 heteroatoms. The zero-order valence-electron chi connectivity index (χ0n) is 12.1. The summed E-state index contributed by atoms with van der Waals surface area (Å²) in [5.41, 5.74) is 5.92. The highest BCUT2D eigenvalue weighted by atomic mass is 16.5. The minimum absolute atomic E-state index is 0.483. The molecule has 1 saturated heterocycles. The zero-order chi connectivity index (χ0) is 14.5. The number of ether oxygens (including phenoxy) is 1. The van der Waals surface area contributed by atoms with Crippen LogP contribution >= 0.6 is 0 Å². The molecule has 1 aliphatic rings. The molecule has 0 unspecified atom stereocenters. The van der Waals surface area contributed by atoms with Crippen LogP contribution in [-0.2, 0) is 6.54 Å². The van der Waals surface area contributed by atoms with Crippen molar-refractivity contribution >= 4 is 11.9 Å². The fourth-order valence-electron chi connectivity index (χ4n) is 2.48. The van der Waals surface area contributed by atoms with Crippen LogP contribution in [0.15, 0.2) is 30.3 Å². The highest BCUT2D eigenvalue weighted by Crippen LogP contribution is 2.17. The van der Waals surface area contributed by atoms with Crippen molar-refractivity contribution in [3.8, 4) is 5.75 Å². The molecule has 2 heterocycles. The van der Waals surface area contributed by atoms with Crippen LogP contribution in [0.3, 0.4) is 0 Å². The molecular weight excluding hydrogens is 266 g/mol.